The van der Waals surface area contributed by atoms with Crippen molar-refractivity contribution in [2.45, 2.75) is 25.4 Å². The maximum atomic E-state index is 14.0. The highest BCUT2D eigenvalue weighted by Gasteiger charge is 2.29. The first-order chi connectivity index (χ1) is 17.7. The van der Waals surface area contributed by atoms with Gasteiger partial charge < -0.3 is 10.6 Å². The molecule has 4 heterocycles. The Hall–Kier alpha value is -4.48. The molecular formula is C28H25N7O. The van der Waals surface area contributed by atoms with Gasteiger partial charge in [-0.05, 0) is 36.4 Å². The lowest BCUT2D eigenvalue weighted by atomic mass is 10.1. The molecule has 1 atom stereocenters. The molecule has 0 bridgehead atoms. The molecule has 1 aliphatic heterocycles. The first-order valence-corrected chi connectivity index (χ1v) is 12.1. The molecule has 0 radical (unpaired) electrons. The molecule has 3 aromatic heterocycles. The Morgan fingerprint density at radius 1 is 1.06 bits per heavy atom. The summed E-state index contributed by atoms with van der Waals surface area (Å²) in [6, 6.07) is 21.9. The van der Waals surface area contributed by atoms with Gasteiger partial charge in [-0.15, -0.1) is 0 Å². The van der Waals surface area contributed by atoms with Crippen LogP contribution in [0.25, 0.3) is 27.5 Å². The Balaban J connectivity index is 1.59. The normalized spacial score (nSPS) is 15.9. The highest BCUT2D eigenvalue weighted by atomic mass is 16.1. The lowest BCUT2D eigenvalue weighted by molar-refractivity contribution is 0.501. The minimum atomic E-state index is -0.220. The third-order valence-corrected chi connectivity index (χ3v) is 6.87. The second-order valence-corrected chi connectivity index (χ2v) is 9.18. The molecule has 6 rings (SSSR count). The van der Waals surface area contributed by atoms with Gasteiger partial charge in [-0.2, -0.15) is 5.26 Å². The Morgan fingerprint density at radius 3 is 2.67 bits per heavy atom. The van der Waals surface area contributed by atoms with Gasteiger partial charge in [0.25, 0.3) is 5.56 Å². The number of rotatable bonds is 4. The molecule has 1 saturated heterocycles. The fraction of sp³-hybridized carbons (Fsp3) is 0.214. The first kappa shape index (κ1) is 22.0. The average Bonchev–Trinajstić information content (AvgIpc) is 3.26. The molecule has 0 unspecified atom stereocenters. The van der Waals surface area contributed by atoms with Gasteiger partial charge in [0.1, 0.15) is 28.5 Å². The van der Waals surface area contributed by atoms with E-state index in [1.807, 2.05) is 65.2 Å². The number of fused-ring (bicyclic) bond motifs is 2. The van der Waals surface area contributed by atoms with Gasteiger partial charge in [-0.3, -0.25) is 18.9 Å². The van der Waals surface area contributed by atoms with E-state index in [4.69, 9.17) is 5.73 Å². The summed E-state index contributed by atoms with van der Waals surface area (Å²) < 4.78 is 3.46. The largest absolute Gasteiger partial charge is 0.355 e. The molecule has 0 amide bonds. The zero-order valence-corrected chi connectivity index (χ0v) is 19.7. The number of pyridine rings is 1. The summed E-state index contributed by atoms with van der Waals surface area (Å²) in [4.78, 5) is 25.3. The van der Waals surface area contributed by atoms with Crippen LogP contribution in [-0.2, 0) is 6.54 Å². The van der Waals surface area contributed by atoms with Crippen LogP contribution >= 0.6 is 0 Å². The van der Waals surface area contributed by atoms with Crippen LogP contribution in [0, 0.1) is 11.3 Å². The number of nitrogens with two attached hydrogens (primary N) is 1. The predicted molar refractivity (Wildman–Crippen MR) is 140 cm³/mol. The van der Waals surface area contributed by atoms with Crippen molar-refractivity contribution >= 4 is 27.6 Å². The standard InChI is InChI=1S/C28H25N7O/c29-15-23-25-26(35(21-9-2-1-3-10-21)27(23)33-14-6-8-20(30)16-33)28(36)34(18-32-25)17-24-22-11-5-4-7-19(22)12-13-31-24/h1-5,7,9-13,18,20H,6,8,14,16-17,30H2/t20-/m0/s1. The summed E-state index contributed by atoms with van der Waals surface area (Å²) in [5.74, 6) is 0.680. The highest BCUT2D eigenvalue weighted by Crippen LogP contribution is 2.34. The van der Waals surface area contributed by atoms with E-state index < -0.39 is 0 Å². The van der Waals surface area contributed by atoms with Crippen molar-refractivity contribution in [2.75, 3.05) is 18.0 Å². The minimum absolute atomic E-state index is 0.00887. The first-order valence-electron chi connectivity index (χ1n) is 12.1. The third kappa shape index (κ3) is 3.61. The Kier molecular flexibility index (Phi) is 5.47. The molecule has 2 aromatic carbocycles. The van der Waals surface area contributed by atoms with E-state index in [0.717, 1.165) is 41.5 Å². The number of hydrogen-bond donors (Lipinski definition) is 1. The van der Waals surface area contributed by atoms with E-state index in [9.17, 15) is 10.1 Å². The van der Waals surface area contributed by atoms with Crippen LogP contribution in [0.15, 0.2) is 78.0 Å². The highest BCUT2D eigenvalue weighted by molar-refractivity contribution is 5.91. The van der Waals surface area contributed by atoms with Crippen molar-refractivity contribution in [3.05, 3.63) is 94.8 Å². The summed E-state index contributed by atoms with van der Waals surface area (Å²) in [5, 5.41) is 12.3. The third-order valence-electron chi connectivity index (χ3n) is 6.87. The molecular weight excluding hydrogens is 450 g/mol. The van der Waals surface area contributed by atoms with E-state index in [1.54, 1.807) is 10.8 Å². The fourth-order valence-electron chi connectivity index (χ4n) is 5.20. The van der Waals surface area contributed by atoms with Gasteiger partial charge in [-0.25, -0.2) is 4.98 Å². The number of anilines is 1. The van der Waals surface area contributed by atoms with Gasteiger partial charge >= 0.3 is 0 Å². The summed E-state index contributed by atoms with van der Waals surface area (Å²) in [5.41, 5.74) is 8.86. The Morgan fingerprint density at radius 2 is 1.86 bits per heavy atom. The van der Waals surface area contributed by atoms with E-state index in [1.165, 1.54) is 6.33 Å². The zero-order chi connectivity index (χ0) is 24.6. The second kappa shape index (κ2) is 8.95. The van der Waals surface area contributed by atoms with E-state index >= 15 is 0 Å². The molecule has 1 fully saturated rings. The van der Waals surface area contributed by atoms with Crippen LogP contribution in [0.1, 0.15) is 24.1 Å². The molecule has 8 heteroatoms. The maximum absolute atomic E-state index is 14.0. The molecule has 8 nitrogen and oxygen atoms in total. The van der Waals surface area contributed by atoms with Gasteiger partial charge in [0.15, 0.2) is 0 Å². The van der Waals surface area contributed by atoms with E-state index in [2.05, 4.69) is 20.9 Å². The Bertz CT molecular complexity index is 1670. The number of piperidine rings is 1. The quantitative estimate of drug-likeness (QED) is 0.426. The minimum Gasteiger partial charge on any atom is -0.355 e. The molecule has 178 valence electrons. The van der Waals surface area contributed by atoms with Crippen LogP contribution in [0.3, 0.4) is 0 Å². The number of nitriles is 1. The molecule has 36 heavy (non-hydrogen) atoms. The van der Waals surface area contributed by atoms with Crippen molar-refractivity contribution in [1.82, 2.24) is 19.1 Å². The topological polar surface area (TPSA) is 106 Å². The van der Waals surface area contributed by atoms with Crippen molar-refractivity contribution in [3.8, 4) is 11.8 Å². The van der Waals surface area contributed by atoms with Crippen LogP contribution in [0.5, 0.6) is 0 Å². The predicted octanol–water partition coefficient (Wildman–Crippen LogP) is 3.58. The summed E-state index contributed by atoms with van der Waals surface area (Å²) >= 11 is 0. The second-order valence-electron chi connectivity index (χ2n) is 9.18. The lowest BCUT2D eigenvalue weighted by Crippen LogP contribution is -2.43. The van der Waals surface area contributed by atoms with Crippen LogP contribution < -0.4 is 16.2 Å². The molecule has 0 spiro atoms. The average molecular weight is 476 g/mol. The smallest absolute Gasteiger partial charge is 0.278 e. The van der Waals surface area contributed by atoms with Gasteiger partial charge in [0, 0.05) is 36.4 Å². The molecule has 2 N–H and O–H groups in total. The molecule has 5 aromatic rings. The number of benzene rings is 2. The summed E-state index contributed by atoms with van der Waals surface area (Å²) in [6.07, 6.45) is 5.14. The van der Waals surface area contributed by atoms with Crippen molar-refractivity contribution < 1.29 is 0 Å². The molecule has 0 aliphatic carbocycles. The number of nitrogens with zero attached hydrogens (tertiary/aromatic N) is 6. The van der Waals surface area contributed by atoms with Crippen LogP contribution in [0.2, 0.25) is 0 Å². The van der Waals surface area contributed by atoms with Gasteiger partial charge in [0.05, 0.1) is 18.6 Å². The zero-order valence-electron chi connectivity index (χ0n) is 19.7. The number of aromatic nitrogens is 4. The fourth-order valence-corrected chi connectivity index (χ4v) is 5.20. The molecule has 0 saturated carbocycles. The SMILES string of the molecule is N#Cc1c(N2CCC[C@H](N)C2)n(-c2ccccc2)c2c(=O)n(Cc3nccc4ccccc34)cnc12. The van der Waals surface area contributed by atoms with Crippen molar-refractivity contribution in [3.63, 3.8) is 0 Å². The number of hydrogen-bond acceptors (Lipinski definition) is 6. The maximum Gasteiger partial charge on any atom is 0.278 e. The van der Waals surface area contributed by atoms with Crippen molar-refractivity contribution in [1.29, 1.82) is 5.26 Å². The van der Waals surface area contributed by atoms with Gasteiger partial charge in [-0.1, -0.05) is 42.5 Å². The van der Waals surface area contributed by atoms with E-state index in [-0.39, 0.29) is 18.1 Å². The monoisotopic (exact) mass is 475 g/mol. The molecule has 1 aliphatic rings. The number of para-hydroxylation sites is 1. The van der Waals surface area contributed by atoms with Gasteiger partial charge in [0.2, 0.25) is 0 Å². The van der Waals surface area contributed by atoms with Crippen LogP contribution in [0.4, 0.5) is 5.82 Å². The van der Waals surface area contributed by atoms with E-state index in [0.29, 0.717) is 29.0 Å². The summed E-state index contributed by atoms with van der Waals surface area (Å²) in [7, 11) is 0. The van der Waals surface area contributed by atoms with Crippen molar-refractivity contribution in [2.24, 2.45) is 5.73 Å². The van der Waals surface area contributed by atoms with Crippen LogP contribution in [-0.4, -0.2) is 38.2 Å². The summed E-state index contributed by atoms with van der Waals surface area (Å²) in [6.45, 7) is 1.65. The lowest BCUT2D eigenvalue weighted by Gasteiger charge is -2.33. The Labute approximate surface area is 207 Å².